The molecule has 1 aromatic carbocycles. The van der Waals surface area contributed by atoms with Crippen LogP contribution >= 0.6 is 11.6 Å². The minimum Gasteiger partial charge on any atom is -0.366 e. The van der Waals surface area contributed by atoms with Crippen LogP contribution in [-0.4, -0.2) is 18.1 Å². The first kappa shape index (κ1) is 14.8. The van der Waals surface area contributed by atoms with E-state index in [4.69, 9.17) is 17.3 Å². The van der Waals surface area contributed by atoms with Crippen LogP contribution in [0.1, 0.15) is 18.1 Å². The van der Waals surface area contributed by atoms with Crippen molar-refractivity contribution in [2.24, 2.45) is 5.73 Å². The van der Waals surface area contributed by atoms with Crippen molar-refractivity contribution >= 4 is 17.3 Å². The lowest BCUT2D eigenvalue weighted by molar-refractivity contribution is 0.817. The molecule has 0 spiro atoms. The number of nitrogens with two attached hydrogens (primary N) is 1. The summed E-state index contributed by atoms with van der Waals surface area (Å²) in [5.41, 5.74) is 9.23. The van der Waals surface area contributed by atoms with E-state index in [1.165, 1.54) is 11.1 Å². The van der Waals surface area contributed by atoms with E-state index in [0.717, 1.165) is 30.2 Å². The molecule has 1 heterocycles. The highest BCUT2D eigenvalue weighted by atomic mass is 35.5. The number of benzene rings is 1. The smallest absolute Gasteiger partial charge is 0.0642 e. The predicted octanol–water partition coefficient (Wildman–Crippen LogP) is 3.26. The minimum atomic E-state index is 0.625. The molecule has 0 saturated carbocycles. The summed E-state index contributed by atoms with van der Waals surface area (Å²) in [4.78, 5) is 6.34. The number of para-hydroxylation sites is 1. The molecule has 0 radical (unpaired) electrons. The minimum absolute atomic E-state index is 0.625. The number of hydrogen-bond donors (Lipinski definition) is 1. The van der Waals surface area contributed by atoms with Gasteiger partial charge in [0, 0.05) is 25.5 Å². The van der Waals surface area contributed by atoms with E-state index in [9.17, 15) is 0 Å². The molecule has 2 aromatic rings. The van der Waals surface area contributed by atoms with Gasteiger partial charge in [-0.25, -0.2) is 0 Å². The van der Waals surface area contributed by atoms with Crippen molar-refractivity contribution in [3.05, 3.63) is 58.9 Å². The molecule has 2 rings (SSSR count). The number of hydrogen-bond acceptors (Lipinski definition) is 3. The molecule has 4 heteroatoms. The maximum Gasteiger partial charge on any atom is 0.0642 e. The lowest BCUT2D eigenvalue weighted by Crippen LogP contribution is -2.24. The zero-order valence-corrected chi connectivity index (χ0v) is 12.5. The molecular weight excluding hydrogens is 270 g/mol. The summed E-state index contributed by atoms with van der Waals surface area (Å²) in [6, 6.07) is 10.1. The van der Waals surface area contributed by atoms with Crippen LogP contribution in [0, 0.1) is 0 Å². The van der Waals surface area contributed by atoms with Crippen molar-refractivity contribution in [3.63, 3.8) is 0 Å². The van der Waals surface area contributed by atoms with Crippen LogP contribution in [0.25, 0.3) is 0 Å². The van der Waals surface area contributed by atoms with Crippen LogP contribution in [0.15, 0.2) is 42.7 Å². The molecule has 2 N–H and O–H groups in total. The SMILES string of the molecule is CCN(Cc1ccncc1)c1c(Cl)cccc1CCN. The Morgan fingerprint density at radius 2 is 1.95 bits per heavy atom. The van der Waals surface area contributed by atoms with Gasteiger partial charge in [0.25, 0.3) is 0 Å². The highest BCUT2D eigenvalue weighted by molar-refractivity contribution is 6.33. The molecule has 3 nitrogen and oxygen atoms in total. The average Bonchev–Trinajstić information content (AvgIpc) is 2.47. The molecule has 0 aliphatic rings. The monoisotopic (exact) mass is 289 g/mol. The summed E-state index contributed by atoms with van der Waals surface area (Å²) < 4.78 is 0. The first-order valence-corrected chi connectivity index (χ1v) is 7.25. The van der Waals surface area contributed by atoms with Gasteiger partial charge in [0.15, 0.2) is 0 Å². The van der Waals surface area contributed by atoms with Gasteiger partial charge in [-0.15, -0.1) is 0 Å². The van der Waals surface area contributed by atoms with Gasteiger partial charge in [0.05, 0.1) is 10.7 Å². The average molecular weight is 290 g/mol. The van der Waals surface area contributed by atoms with Gasteiger partial charge in [-0.1, -0.05) is 23.7 Å². The Labute approximate surface area is 125 Å². The lowest BCUT2D eigenvalue weighted by atomic mass is 10.1. The Balaban J connectivity index is 2.31. The Kier molecular flexibility index (Phi) is 5.39. The molecule has 0 atom stereocenters. The first-order chi connectivity index (χ1) is 9.76. The quantitative estimate of drug-likeness (QED) is 0.887. The Hall–Kier alpha value is -1.58. The van der Waals surface area contributed by atoms with Gasteiger partial charge in [0.1, 0.15) is 0 Å². The lowest BCUT2D eigenvalue weighted by Gasteiger charge is -2.27. The number of pyridine rings is 1. The van der Waals surface area contributed by atoms with Gasteiger partial charge in [0.2, 0.25) is 0 Å². The fourth-order valence-corrected chi connectivity index (χ4v) is 2.64. The van der Waals surface area contributed by atoms with E-state index in [1.807, 2.05) is 36.7 Å². The van der Waals surface area contributed by atoms with Gasteiger partial charge >= 0.3 is 0 Å². The Morgan fingerprint density at radius 1 is 1.20 bits per heavy atom. The standard InChI is InChI=1S/C16H20ClN3/c1-2-20(12-13-7-10-19-11-8-13)16-14(6-9-18)4-3-5-15(16)17/h3-5,7-8,10-11H,2,6,9,12,18H2,1H3. The Morgan fingerprint density at radius 3 is 2.60 bits per heavy atom. The second-order valence-corrected chi connectivity index (χ2v) is 5.06. The maximum absolute atomic E-state index is 6.41. The van der Waals surface area contributed by atoms with Gasteiger partial charge in [-0.2, -0.15) is 0 Å². The normalized spacial score (nSPS) is 10.6. The molecule has 0 bridgehead atoms. The predicted molar refractivity (Wildman–Crippen MR) is 85.2 cm³/mol. The van der Waals surface area contributed by atoms with Gasteiger partial charge in [-0.3, -0.25) is 4.98 Å². The summed E-state index contributed by atoms with van der Waals surface area (Å²) in [5, 5.41) is 0.784. The van der Waals surface area contributed by atoms with Crippen LogP contribution in [0.3, 0.4) is 0 Å². The fraction of sp³-hybridized carbons (Fsp3) is 0.312. The van der Waals surface area contributed by atoms with Crippen LogP contribution in [0.2, 0.25) is 5.02 Å². The van der Waals surface area contributed by atoms with Crippen LogP contribution in [-0.2, 0) is 13.0 Å². The van der Waals surface area contributed by atoms with E-state index in [-0.39, 0.29) is 0 Å². The van der Waals surface area contributed by atoms with Crippen molar-refractivity contribution in [1.29, 1.82) is 0 Å². The third-order valence-electron chi connectivity index (χ3n) is 3.30. The van der Waals surface area contributed by atoms with Crippen LogP contribution in [0.4, 0.5) is 5.69 Å². The number of rotatable bonds is 6. The highest BCUT2D eigenvalue weighted by Crippen LogP contribution is 2.31. The van der Waals surface area contributed by atoms with E-state index < -0.39 is 0 Å². The van der Waals surface area contributed by atoms with Crippen molar-refractivity contribution in [3.8, 4) is 0 Å². The maximum atomic E-state index is 6.41. The van der Waals surface area contributed by atoms with Crippen molar-refractivity contribution in [2.75, 3.05) is 18.0 Å². The molecule has 20 heavy (non-hydrogen) atoms. The van der Waals surface area contributed by atoms with E-state index in [1.54, 1.807) is 0 Å². The zero-order valence-electron chi connectivity index (χ0n) is 11.7. The van der Waals surface area contributed by atoms with E-state index in [2.05, 4.69) is 22.9 Å². The van der Waals surface area contributed by atoms with Crippen LogP contribution in [0.5, 0.6) is 0 Å². The van der Waals surface area contributed by atoms with Gasteiger partial charge in [-0.05, 0) is 49.2 Å². The summed E-state index contributed by atoms with van der Waals surface area (Å²) in [7, 11) is 0. The zero-order chi connectivity index (χ0) is 14.4. The molecule has 0 aliphatic carbocycles. The topological polar surface area (TPSA) is 42.2 Å². The van der Waals surface area contributed by atoms with E-state index >= 15 is 0 Å². The largest absolute Gasteiger partial charge is 0.366 e. The summed E-state index contributed by atoms with van der Waals surface area (Å²) >= 11 is 6.41. The molecule has 1 aromatic heterocycles. The van der Waals surface area contributed by atoms with Crippen molar-refractivity contribution in [1.82, 2.24) is 4.98 Å². The molecule has 0 fully saturated rings. The molecule has 0 saturated heterocycles. The number of aromatic nitrogens is 1. The number of anilines is 1. The summed E-state index contributed by atoms with van der Waals surface area (Å²) in [5.74, 6) is 0. The van der Waals surface area contributed by atoms with E-state index in [0.29, 0.717) is 6.54 Å². The van der Waals surface area contributed by atoms with Gasteiger partial charge < -0.3 is 10.6 Å². The second-order valence-electron chi connectivity index (χ2n) is 4.66. The molecule has 106 valence electrons. The van der Waals surface area contributed by atoms with Crippen molar-refractivity contribution < 1.29 is 0 Å². The summed E-state index contributed by atoms with van der Waals surface area (Å²) in [6.45, 7) is 4.47. The van der Waals surface area contributed by atoms with Crippen molar-refractivity contribution in [2.45, 2.75) is 19.9 Å². The summed E-state index contributed by atoms with van der Waals surface area (Å²) in [6.07, 6.45) is 4.47. The number of halogens is 1. The third-order valence-corrected chi connectivity index (χ3v) is 3.61. The molecule has 0 aliphatic heterocycles. The third kappa shape index (κ3) is 3.50. The van der Waals surface area contributed by atoms with Crippen LogP contribution < -0.4 is 10.6 Å². The highest BCUT2D eigenvalue weighted by Gasteiger charge is 2.13. The first-order valence-electron chi connectivity index (χ1n) is 6.87. The molecule has 0 amide bonds. The molecule has 0 unspecified atom stereocenters. The Bertz CT molecular complexity index is 543. The number of nitrogens with zero attached hydrogens (tertiary/aromatic N) is 2. The fourth-order valence-electron chi connectivity index (χ4n) is 2.33. The second kappa shape index (κ2) is 7.27. The molecular formula is C16H20ClN3.